The van der Waals surface area contributed by atoms with Crippen molar-refractivity contribution in [1.82, 2.24) is 5.32 Å². The molecule has 0 aliphatic carbocycles. The Labute approximate surface area is 112 Å². The van der Waals surface area contributed by atoms with Gasteiger partial charge in [-0.1, -0.05) is 25.8 Å². The van der Waals surface area contributed by atoms with Crippen LogP contribution in [0.2, 0.25) is 0 Å². The van der Waals surface area contributed by atoms with Crippen molar-refractivity contribution in [3.05, 3.63) is 22.4 Å². The average Bonchev–Trinajstić information content (AvgIpc) is 2.85. The molecule has 0 radical (unpaired) electrons. The smallest absolute Gasteiger partial charge is 0.305 e. The van der Waals surface area contributed by atoms with Crippen molar-refractivity contribution in [2.45, 2.75) is 44.8 Å². The predicted molar refractivity (Wildman–Crippen MR) is 72.8 cm³/mol. The molecule has 0 fully saturated rings. The zero-order chi connectivity index (χ0) is 13.4. The number of aliphatic hydroxyl groups is 1. The predicted octanol–water partition coefficient (Wildman–Crippen LogP) is 2.40. The van der Waals surface area contributed by atoms with E-state index >= 15 is 0 Å². The minimum absolute atomic E-state index is 0.0643. The van der Waals surface area contributed by atoms with E-state index < -0.39 is 18.1 Å². The van der Waals surface area contributed by atoms with Gasteiger partial charge < -0.3 is 15.5 Å². The van der Waals surface area contributed by atoms with Crippen LogP contribution in [-0.2, 0) is 4.79 Å². The molecule has 1 rings (SSSR count). The summed E-state index contributed by atoms with van der Waals surface area (Å²) in [6.45, 7) is 2.86. The van der Waals surface area contributed by atoms with Gasteiger partial charge in [0.2, 0.25) is 0 Å². The molecule has 2 unspecified atom stereocenters. The van der Waals surface area contributed by atoms with Crippen LogP contribution in [0.5, 0.6) is 0 Å². The van der Waals surface area contributed by atoms with Gasteiger partial charge in [0, 0.05) is 10.9 Å². The summed E-state index contributed by atoms with van der Waals surface area (Å²) in [7, 11) is 0. The van der Waals surface area contributed by atoms with Crippen molar-refractivity contribution in [3.63, 3.8) is 0 Å². The highest BCUT2D eigenvalue weighted by atomic mass is 32.1. The van der Waals surface area contributed by atoms with E-state index in [9.17, 15) is 9.90 Å². The molecule has 0 spiro atoms. The van der Waals surface area contributed by atoms with E-state index in [0.717, 1.165) is 30.7 Å². The fraction of sp³-hybridized carbons (Fsp3) is 0.615. The summed E-state index contributed by atoms with van der Waals surface area (Å²) in [5, 5.41) is 24.1. The number of rotatable bonds is 9. The summed E-state index contributed by atoms with van der Waals surface area (Å²) in [5.74, 6) is -0.890. The number of unbranched alkanes of at least 4 members (excludes halogenated alkanes) is 2. The molecule has 0 aliphatic heterocycles. The second kappa shape index (κ2) is 8.24. The molecular weight excluding hydrogens is 250 g/mol. The molecule has 0 saturated heterocycles. The molecule has 3 N–H and O–H groups in total. The number of aliphatic carboxylic acids is 1. The molecule has 18 heavy (non-hydrogen) atoms. The first-order chi connectivity index (χ1) is 8.65. The van der Waals surface area contributed by atoms with Crippen LogP contribution in [0.25, 0.3) is 0 Å². The Balaban J connectivity index is 2.51. The number of aliphatic hydroxyl groups excluding tert-OH is 1. The number of hydrogen-bond acceptors (Lipinski definition) is 4. The largest absolute Gasteiger partial charge is 0.481 e. The lowest BCUT2D eigenvalue weighted by molar-refractivity contribution is -0.138. The number of carbonyl (C=O) groups is 1. The van der Waals surface area contributed by atoms with Gasteiger partial charge in [0.25, 0.3) is 0 Å². The van der Waals surface area contributed by atoms with E-state index in [0.29, 0.717) is 0 Å². The number of thiophene rings is 1. The third kappa shape index (κ3) is 5.16. The molecule has 1 aromatic heterocycles. The Morgan fingerprint density at radius 1 is 1.50 bits per heavy atom. The molecule has 5 heteroatoms. The highest BCUT2D eigenvalue weighted by molar-refractivity contribution is 7.10. The van der Waals surface area contributed by atoms with Crippen LogP contribution in [-0.4, -0.2) is 28.8 Å². The van der Waals surface area contributed by atoms with E-state index in [1.807, 2.05) is 17.5 Å². The quantitative estimate of drug-likeness (QED) is 0.603. The van der Waals surface area contributed by atoms with Crippen molar-refractivity contribution >= 4 is 17.3 Å². The molecule has 1 heterocycles. The Kier molecular flexibility index (Phi) is 6.93. The number of nitrogens with one attached hydrogen (secondary N) is 1. The van der Waals surface area contributed by atoms with Crippen LogP contribution in [0.3, 0.4) is 0 Å². The van der Waals surface area contributed by atoms with Gasteiger partial charge in [-0.2, -0.15) is 0 Å². The number of hydrogen-bond donors (Lipinski definition) is 3. The molecule has 0 bridgehead atoms. The first kappa shape index (κ1) is 15.1. The summed E-state index contributed by atoms with van der Waals surface area (Å²) in [6, 6.07) is 3.27. The molecule has 0 aliphatic rings. The Bertz CT molecular complexity index is 340. The first-order valence-electron chi connectivity index (χ1n) is 6.31. The van der Waals surface area contributed by atoms with Gasteiger partial charge in [0.05, 0.1) is 6.42 Å². The highest BCUT2D eigenvalue weighted by Crippen LogP contribution is 2.23. The normalized spacial score (nSPS) is 14.3. The molecule has 102 valence electrons. The molecule has 0 saturated carbocycles. The maximum atomic E-state index is 10.8. The van der Waals surface area contributed by atoms with Crippen LogP contribution in [0, 0.1) is 0 Å². The second-order valence-corrected chi connectivity index (χ2v) is 5.31. The molecular formula is C13H21NO3S. The van der Waals surface area contributed by atoms with Crippen LogP contribution in [0.15, 0.2) is 17.5 Å². The van der Waals surface area contributed by atoms with Gasteiger partial charge in [-0.15, -0.1) is 11.3 Å². The summed E-state index contributed by atoms with van der Waals surface area (Å²) >= 11 is 1.45. The van der Waals surface area contributed by atoms with E-state index in [-0.39, 0.29) is 6.42 Å². The van der Waals surface area contributed by atoms with Crippen molar-refractivity contribution in [2.24, 2.45) is 0 Å². The summed E-state index contributed by atoms with van der Waals surface area (Å²) < 4.78 is 0. The first-order valence-corrected chi connectivity index (χ1v) is 7.19. The number of carboxylic acid groups (broad SMARTS) is 1. The lowest BCUT2D eigenvalue weighted by Gasteiger charge is -2.22. The van der Waals surface area contributed by atoms with Gasteiger partial charge in [-0.25, -0.2) is 0 Å². The van der Waals surface area contributed by atoms with Gasteiger partial charge in [-0.3, -0.25) is 4.79 Å². The molecule has 4 nitrogen and oxygen atoms in total. The number of carboxylic acids is 1. The third-order valence-corrected chi connectivity index (χ3v) is 3.74. The minimum atomic E-state index is -0.890. The molecule has 0 amide bonds. The maximum Gasteiger partial charge on any atom is 0.305 e. The molecule has 2 atom stereocenters. The summed E-state index contributed by atoms with van der Waals surface area (Å²) in [6.07, 6.45) is 2.43. The Hall–Kier alpha value is -0.910. The molecule has 1 aromatic rings. The zero-order valence-electron chi connectivity index (χ0n) is 10.6. The van der Waals surface area contributed by atoms with E-state index in [4.69, 9.17) is 5.11 Å². The third-order valence-electron chi connectivity index (χ3n) is 2.80. The minimum Gasteiger partial charge on any atom is -0.481 e. The standard InChI is InChI=1S/C13H21NO3S/c1-2-3-4-7-14-10(9-12(15)16)13(17)11-6-5-8-18-11/h5-6,8,10,13-14,17H,2-4,7,9H2,1H3,(H,15,16). The average molecular weight is 271 g/mol. The monoisotopic (exact) mass is 271 g/mol. The van der Waals surface area contributed by atoms with Crippen LogP contribution >= 0.6 is 11.3 Å². The van der Waals surface area contributed by atoms with Gasteiger partial charge >= 0.3 is 5.97 Å². The fourth-order valence-corrected chi connectivity index (χ4v) is 2.58. The van der Waals surface area contributed by atoms with Crippen LogP contribution in [0.4, 0.5) is 0 Å². The van der Waals surface area contributed by atoms with Gasteiger partial charge in [0.15, 0.2) is 0 Å². The zero-order valence-corrected chi connectivity index (χ0v) is 11.4. The lowest BCUT2D eigenvalue weighted by atomic mass is 10.1. The van der Waals surface area contributed by atoms with Crippen LogP contribution in [0.1, 0.15) is 43.6 Å². The van der Waals surface area contributed by atoms with E-state index in [1.54, 1.807) is 0 Å². The fourth-order valence-electron chi connectivity index (χ4n) is 1.80. The summed E-state index contributed by atoms with van der Waals surface area (Å²) in [4.78, 5) is 11.6. The van der Waals surface area contributed by atoms with Gasteiger partial charge in [0.1, 0.15) is 6.10 Å². The van der Waals surface area contributed by atoms with Crippen molar-refractivity contribution < 1.29 is 15.0 Å². The molecule has 0 aromatic carbocycles. The van der Waals surface area contributed by atoms with E-state index in [2.05, 4.69) is 12.2 Å². The Morgan fingerprint density at radius 3 is 2.83 bits per heavy atom. The lowest BCUT2D eigenvalue weighted by Crippen LogP contribution is -2.37. The maximum absolute atomic E-state index is 10.8. The SMILES string of the molecule is CCCCCNC(CC(=O)O)C(O)c1cccs1. The Morgan fingerprint density at radius 2 is 2.28 bits per heavy atom. The van der Waals surface area contributed by atoms with Gasteiger partial charge in [-0.05, 0) is 24.4 Å². The van der Waals surface area contributed by atoms with E-state index in [1.165, 1.54) is 11.3 Å². The van der Waals surface area contributed by atoms with Crippen molar-refractivity contribution in [2.75, 3.05) is 6.54 Å². The van der Waals surface area contributed by atoms with Crippen molar-refractivity contribution in [1.29, 1.82) is 0 Å². The summed E-state index contributed by atoms with van der Waals surface area (Å²) in [5.41, 5.74) is 0. The topological polar surface area (TPSA) is 69.6 Å². The highest BCUT2D eigenvalue weighted by Gasteiger charge is 2.23. The van der Waals surface area contributed by atoms with Crippen LogP contribution < -0.4 is 5.32 Å². The van der Waals surface area contributed by atoms with Crippen molar-refractivity contribution in [3.8, 4) is 0 Å². The second-order valence-electron chi connectivity index (χ2n) is 4.33.